The van der Waals surface area contributed by atoms with E-state index in [-0.39, 0.29) is 18.1 Å². The minimum absolute atomic E-state index is 0.0693. The van der Waals surface area contributed by atoms with Gasteiger partial charge in [-0.2, -0.15) is 0 Å². The predicted octanol–water partition coefficient (Wildman–Crippen LogP) is 2.75. The minimum atomic E-state index is -0.800. The first-order valence-electron chi connectivity index (χ1n) is 7.04. The van der Waals surface area contributed by atoms with Crippen molar-refractivity contribution in [2.24, 2.45) is 5.92 Å². The van der Waals surface area contributed by atoms with Crippen LogP contribution in [0.3, 0.4) is 0 Å². The number of methoxy groups -OCH3 is 1. The number of hydrogen-bond acceptors (Lipinski definition) is 3. The van der Waals surface area contributed by atoms with Crippen LogP contribution in [0, 0.1) is 5.92 Å². The first kappa shape index (κ1) is 14.1. The lowest BCUT2D eigenvalue weighted by molar-refractivity contribution is -0.129. The lowest BCUT2D eigenvalue weighted by Gasteiger charge is -2.25. The van der Waals surface area contributed by atoms with Crippen molar-refractivity contribution < 1.29 is 14.6 Å². The molecule has 104 valence electrons. The number of ether oxygens (including phenoxy) is 1. The summed E-state index contributed by atoms with van der Waals surface area (Å²) in [5, 5.41) is 10.1. The molecule has 0 radical (unpaired) electrons. The van der Waals surface area contributed by atoms with Gasteiger partial charge in [0.05, 0.1) is 7.11 Å². The molecule has 3 nitrogen and oxygen atoms in total. The normalized spacial score (nSPS) is 18.0. The van der Waals surface area contributed by atoms with Gasteiger partial charge in [-0.1, -0.05) is 31.4 Å². The van der Waals surface area contributed by atoms with Crippen LogP contribution in [-0.4, -0.2) is 24.1 Å². The number of carbonyl (C=O) groups is 1. The Morgan fingerprint density at radius 3 is 2.79 bits per heavy atom. The lowest BCUT2D eigenvalue weighted by Crippen LogP contribution is -2.32. The Morgan fingerprint density at radius 2 is 2.11 bits per heavy atom. The summed E-state index contributed by atoms with van der Waals surface area (Å²) in [7, 11) is 1.61. The van der Waals surface area contributed by atoms with Crippen molar-refractivity contribution in [1.29, 1.82) is 0 Å². The maximum Gasteiger partial charge on any atom is 0.165 e. The summed E-state index contributed by atoms with van der Waals surface area (Å²) < 4.78 is 5.14. The maximum atomic E-state index is 12.1. The van der Waals surface area contributed by atoms with Crippen LogP contribution >= 0.6 is 0 Å². The number of Topliss-reactive ketones (excluding diaryl/α,β-unsaturated/α-hetero) is 1. The van der Waals surface area contributed by atoms with Crippen LogP contribution in [0.25, 0.3) is 0 Å². The van der Waals surface area contributed by atoms with Crippen LogP contribution in [0.4, 0.5) is 0 Å². The first-order chi connectivity index (χ1) is 9.20. The summed E-state index contributed by atoms with van der Waals surface area (Å²) in [5.74, 6) is 0.837. The van der Waals surface area contributed by atoms with Crippen molar-refractivity contribution in [3.63, 3.8) is 0 Å². The summed E-state index contributed by atoms with van der Waals surface area (Å²) in [6, 6.07) is 7.47. The largest absolute Gasteiger partial charge is 0.497 e. The molecular weight excluding hydrogens is 240 g/mol. The third kappa shape index (κ3) is 3.80. The number of hydrogen-bond donors (Lipinski definition) is 1. The first-order valence-corrected chi connectivity index (χ1v) is 7.04. The zero-order valence-electron chi connectivity index (χ0n) is 11.5. The van der Waals surface area contributed by atoms with E-state index in [4.69, 9.17) is 4.74 Å². The zero-order chi connectivity index (χ0) is 13.7. The fourth-order valence-electron chi connectivity index (χ4n) is 2.80. The molecule has 0 spiro atoms. The fraction of sp³-hybridized carbons (Fsp3) is 0.562. The van der Waals surface area contributed by atoms with Crippen LogP contribution in [-0.2, 0) is 11.2 Å². The second kappa shape index (κ2) is 6.71. The summed E-state index contributed by atoms with van der Waals surface area (Å²) in [4.78, 5) is 12.1. The summed E-state index contributed by atoms with van der Waals surface area (Å²) >= 11 is 0. The van der Waals surface area contributed by atoms with Gasteiger partial charge in [-0.25, -0.2) is 0 Å². The van der Waals surface area contributed by atoms with Gasteiger partial charge in [0.25, 0.3) is 0 Å². The third-order valence-electron chi connectivity index (χ3n) is 3.94. The lowest BCUT2D eigenvalue weighted by atomic mass is 9.83. The Balaban J connectivity index is 1.95. The van der Waals surface area contributed by atoms with E-state index in [0.717, 1.165) is 37.0 Å². The monoisotopic (exact) mass is 262 g/mol. The van der Waals surface area contributed by atoms with E-state index in [2.05, 4.69) is 0 Å². The van der Waals surface area contributed by atoms with E-state index < -0.39 is 6.10 Å². The topological polar surface area (TPSA) is 46.5 Å². The van der Waals surface area contributed by atoms with Crippen molar-refractivity contribution in [3.05, 3.63) is 29.8 Å². The molecular formula is C16H22O3. The highest BCUT2D eigenvalue weighted by Gasteiger charge is 2.27. The van der Waals surface area contributed by atoms with Gasteiger partial charge in [0, 0.05) is 6.42 Å². The van der Waals surface area contributed by atoms with Crippen LogP contribution in [0.5, 0.6) is 5.75 Å². The fourth-order valence-corrected chi connectivity index (χ4v) is 2.80. The Bertz CT molecular complexity index is 422. The summed E-state index contributed by atoms with van der Waals surface area (Å²) in [6.07, 6.45) is 4.94. The summed E-state index contributed by atoms with van der Waals surface area (Å²) in [6.45, 7) is 0. The molecule has 0 aliphatic heterocycles. The van der Waals surface area contributed by atoms with Gasteiger partial charge < -0.3 is 9.84 Å². The molecule has 3 heteroatoms. The zero-order valence-corrected chi connectivity index (χ0v) is 11.5. The highest BCUT2D eigenvalue weighted by molar-refractivity contribution is 5.85. The molecule has 1 N–H and O–H groups in total. The molecule has 1 aromatic carbocycles. The number of aliphatic hydroxyl groups is 1. The Kier molecular flexibility index (Phi) is 4.97. The van der Waals surface area contributed by atoms with Gasteiger partial charge in [0.15, 0.2) is 5.78 Å². The second-order valence-electron chi connectivity index (χ2n) is 5.34. The summed E-state index contributed by atoms with van der Waals surface area (Å²) in [5.41, 5.74) is 0.902. The molecule has 0 amide bonds. The molecule has 0 heterocycles. The van der Waals surface area contributed by atoms with Crippen molar-refractivity contribution >= 4 is 5.78 Å². The quantitative estimate of drug-likeness (QED) is 0.887. The molecule has 1 atom stereocenters. The number of carbonyl (C=O) groups excluding carboxylic acids is 1. The number of rotatable bonds is 5. The highest BCUT2D eigenvalue weighted by atomic mass is 16.5. The highest BCUT2D eigenvalue weighted by Crippen LogP contribution is 2.27. The van der Waals surface area contributed by atoms with Crippen LogP contribution in [0.1, 0.15) is 37.7 Å². The predicted molar refractivity (Wildman–Crippen MR) is 74.3 cm³/mol. The van der Waals surface area contributed by atoms with Gasteiger partial charge in [-0.15, -0.1) is 0 Å². The van der Waals surface area contributed by atoms with Crippen LogP contribution in [0.2, 0.25) is 0 Å². The Hall–Kier alpha value is -1.35. The average molecular weight is 262 g/mol. The molecule has 1 aromatic rings. The van der Waals surface area contributed by atoms with Crippen molar-refractivity contribution in [2.45, 2.75) is 44.6 Å². The van der Waals surface area contributed by atoms with Gasteiger partial charge in [0.2, 0.25) is 0 Å². The van der Waals surface area contributed by atoms with E-state index in [1.165, 1.54) is 6.42 Å². The third-order valence-corrected chi connectivity index (χ3v) is 3.94. The van der Waals surface area contributed by atoms with E-state index in [1.807, 2.05) is 24.3 Å². The van der Waals surface area contributed by atoms with Crippen LogP contribution < -0.4 is 4.74 Å². The van der Waals surface area contributed by atoms with Gasteiger partial charge in [-0.3, -0.25) is 4.79 Å². The Labute approximate surface area is 114 Å². The van der Waals surface area contributed by atoms with Crippen LogP contribution in [0.15, 0.2) is 24.3 Å². The van der Waals surface area contributed by atoms with Gasteiger partial charge >= 0.3 is 0 Å². The molecule has 1 aliphatic rings. The molecule has 1 saturated carbocycles. The van der Waals surface area contributed by atoms with Crippen molar-refractivity contribution in [3.8, 4) is 5.75 Å². The number of benzene rings is 1. The molecule has 1 aliphatic carbocycles. The molecule has 1 fully saturated rings. The maximum absolute atomic E-state index is 12.1. The van der Waals surface area contributed by atoms with Gasteiger partial charge in [-0.05, 0) is 36.5 Å². The molecule has 0 aromatic heterocycles. The molecule has 2 rings (SSSR count). The number of ketones is 1. The smallest absolute Gasteiger partial charge is 0.165 e. The molecule has 0 saturated heterocycles. The van der Waals surface area contributed by atoms with E-state index >= 15 is 0 Å². The molecule has 19 heavy (non-hydrogen) atoms. The van der Waals surface area contributed by atoms with E-state index in [1.54, 1.807) is 7.11 Å². The van der Waals surface area contributed by atoms with Gasteiger partial charge in [0.1, 0.15) is 11.9 Å². The van der Waals surface area contributed by atoms with E-state index in [9.17, 15) is 9.90 Å². The van der Waals surface area contributed by atoms with E-state index in [0.29, 0.717) is 0 Å². The minimum Gasteiger partial charge on any atom is -0.497 e. The molecule has 1 unspecified atom stereocenters. The molecule has 0 bridgehead atoms. The van der Waals surface area contributed by atoms with Crippen molar-refractivity contribution in [2.75, 3.05) is 7.11 Å². The SMILES string of the molecule is COc1cccc(CC(=O)C(O)C2CCCCC2)c1. The standard InChI is InChI=1S/C16H22O3/c1-19-14-9-5-6-12(10-14)11-15(17)16(18)13-7-3-2-4-8-13/h5-6,9-10,13,16,18H,2-4,7-8,11H2,1H3. The second-order valence-corrected chi connectivity index (χ2v) is 5.34. The Morgan fingerprint density at radius 1 is 1.37 bits per heavy atom. The number of aliphatic hydroxyl groups excluding tert-OH is 1. The average Bonchev–Trinajstić information content (AvgIpc) is 2.47. The van der Waals surface area contributed by atoms with Crippen molar-refractivity contribution in [1.82, 2.24) is 0 Å².